The zero-order chi connectivity index (χ0) is 12.3. The SMILES string of the molecule is CC.NC(=NCCC[C@H](N)C(=O)O)NO. The van der Waals surface area contributed by atoms with Crippen LogP contribution in [-0.2, 0) is 4.79 Å². The molecule has 0 aliphatic carbocycles. The van der Waals surface area contributed by atoms with Crippen LogP contribution in [-0.4, -0.2) is 34.8 Å². The molecular weight excluding hydrogens is 200 g/mol. The molecule has 0 aromatic carbocycles. The molecule has 0 heterocycles. The van der Waals surface area contributed by atoms with Crippen LogP contribution in [0.1, 0.15) is 26.7 Å². The lowest BCUT2D eigenvalue weighted by Gasteiger charge is -2.03. The maximum absolute atomic E-state index is 10.2. The number of hydrogen-bond acceptors (Lipinski definition) is 4. The standard InChI is InChI=1S/C6H14N4O3.C2H6/c7-4(5(11)12)2-1-3-9-6(8)10-13;1-2/h4,13H,1-3,7H2,(H,11,12)(H3,8,9,10);1-2H3/t4-;/m0./s1. The molecule has 0 aromatic heterocycles. The molecule has 0 spiro atoms. The topological polar surface area (TPSA) is 134 Å². The van der Waals surface area contributed by atoms with Gasteiger partial charge in [-0.15, -0.1) is 0 Å². The molecule has 0 bridgehead atoms. The maximum atomic E-state index is 10.2. The molecule has 7 N–H and O–H groups in total. The Balaban J connectivity index is 0. The van der Waals surface area contributed by atoms with Crippen molar-refractivity contribution in [2.24, 2.45) is 16.5 Å². The summed E-state index contributed by atoms with van der Waals surface area (Å²) in [4.78, 5) is 13.9. The molecule has 0 unspecified atom stereocenters. The Bertz CT molecular complexity index is 196. The lowest BCUT2D eigenvalue weighted by atomic mass is 10.2. The Morgan fingerprint density at radius 2 is 2.07 bits per heavy atom. The van der Waals surface area contributed by atoms with Gasteiger partial charge in [0.25, 0.3) is 0 Å². The number of hydrogen-bond donors (Lipinski definition) is 5. The van der Waals surface area contributed by atoms with Crippen LogP contribution >= 0.6 is 0 Å². The van der Waals surface area contributed by atoms with Crippen LogP contribution in [0.5, 0.6) is 0 Å². The van der Waals surface area contributed by atoms with Gasteiger partial charge in [-0.25, -0.2) is 5.48 Å². The molecule has 0 fully saturated rings. The monoisotopic (exact) mass is 220 g/mol. The number of carboxylic acid groups (broad SMARTS) is 1. The summed E-state index contributed by atoms with van der Waals surface area (Å²) in [6, 6.07) is -0.862. The Morgan fingerprint density at radius 1 is 1.53 bits per heavy atom. The molecule has 15 heavy (non-hydrogen) atoms. The maximum Gasteiger partial charge on any atom is 0.320 e. The Kier molecular flexibility index (Phi) is 11.5. The van der Waals surface area contributed by atoms with Gasteiger partial charge in [0.1, 0.15) is 6.04 Å². The first-order valence-corrected chi connectivity index (χ1v) is 4.76. The van der Waals surface area contributed by atoms with E-state index in [1.165, 1.54) is 0 Å². The fourth-order valence-electron chi connectivity index (χ4n) is 0.670. The summed E-state index contributed by atoms with van der Waals surface area (Å²) in [5, 5.41) is 16.6. The minimum Gasteiger partial charge on any atom is -0.480 e. The van der Waals surface area contributed by atoms with Crippen LogP contribution in [0, 0.1) is 0 Å². The molecule has 7 nitrogen and oxygen atoms in total. The molecule has 90 valence electrons. The van der Waals surface area contributed by atoms with Gasteiger partial charge in [-0.3, -0.25) is 15.0 Å². The summed E-state index contributed by atoms with van der Waals surface area (Å²) in [6.07, 6.45) is 0.841. The highest BCUT2D eigenvalue weighted by atomic mass is 16.5. The average Bonchev–Trinajstić information content (AvgIpc) is 2.26. The molecule has 0 saturated heterocycles. The lowest BCUT2D eigenvalue weighted by Crippen LogP contribution is -2.30. The minimum atomic E-state index is -1.03. The number of hydroxylamine groups is 1. The highest BCUT2D eigenvalue weighted by molar-refractivity contribution is 5.76. The predicted molar refractivity (Wildman–Crippen MR) is 57.6 cm³/mol. The van der Waals surface area contributed by atoms with Crippen molar-refractivity contribution in [3.63, 3.8) is 0 Å². The predicted octanol–water partition coefficient (Wildman–Crippen LogP) is -0.502. The van der Waals surface area contributed by atoms with Gasteiger partial charge >= 0.3 is 5.97 Å². The van der Waals surface area contributed by atoms with Crippen LogP contribution in [0.25, 0.3) is 0 Å². The number of aliphatic carboxylic acids is 1. The van der Waals surface area contributed by atoms with Crippen molar-refractivity contribution in [3.05, 3.63) is 0 Å². The van der Waals surface area contributed by atoms with E-state index in [0.717, 1.165) is 0 Å². The molecule has 0 aliphatic rings. The number of aliphatic imine (C=N–C) groups is 1. The molecule has 0 aliphatic heterocycles. The third-order valence-electron chi connectivity index (χ3n) is 1.39. The van der Waals surface area contributed by atoms with Crippen molar-refractivity contribution in [3.8, 4) is 0 Å². The minimum absolute atomic E-state index is 0.0936. The number of guanidine groups is 1. The van der Waals surface area contributed by atoms with Crippen LogP contribution in [0.3, 0.4) is 0 Å². The van der Waals surface area contributed by atoms with Crippen LogP contribution in [0.15, 0.2) is 4.99 Å². The molecule has 0 rings (SSSR count). The number of rotatable bonds is 5. The van der Waals surface area contributed by atoms with E-state index in [0.29, 0.717) is 19.4 Å². The zero-order valence-electron chi connectivity index (χ0n) is 9.10. The lowest BCUT2D eigenvalue weighted by molar-refractivity contribution is -0.138. The smallest absolute Gasteiger partial charge is 0.320 e. The number of carbonyl (C=O) groups is 1. The zero-order valence-corrected chi connectivity index (χ0v) is 9.10. The van der Waals surface area contributed by atoms with Crippen LogP contribution < -0.4 is 16.9 Å². The van der Waals surface area contributed by atoms with E-state index < -0.39 is 12.0 Å². The second-order valence-corrected chi connectivity index (χ2v) is 2.47. The fourth-order valence-corrected chi connectivity index (χ4v) is 0.670. The summed E-state index contributed by atoms with van der Waals surface area (Å²) in [5.74, 6) is -1.12. The normalized spacial score (nSPS) is 12.4. The second-order valence-electron chi connectivity index (χ2n) is 2.47. The largest absolute Gasteiger partial charge is 0.480 e. The highest BCUT2D eigenvalue weighted by Crippen LogP contribution is 1.94. The van der Waals surface area contributed by atoms with Gasteiger partial charge < -0.3 is 16.6 Å². The quantitative estimate of drug-likeness (QED) is 0.183. The third-order valence-corrected chi connectivity index (χ3v) is 1.39. The summed E-state index contributed by atoms with van der Waals surface area (Å²) in [5.41, 5.74) is 12.0. The van der Waals surface area contributed by atoms with Gasteiger partial charge in [0, 0.05) is 6.54 Å². The van der Waals surface area contributed by atoms with E-state index >= 15 is 0 Å². The van der Waals surface area contributed by atoms with Gasteiger partial charge in [-0.05, 0) is 12.8 Å². The van der Waals surface area contributed by atoms with Gasteiger partial charge in [-0.1, -0.05) is 13.8 Å². The number of nitrogens with one attached hydrogen (secondary N) is 1. The van der Waals surface area contributed by atoms with Crippen molar-refractivity contribution >= 4 is 11.9 Å². The van der Waals surface area contributed by atoms with Gasteiger partial charge in [0.05, 0.1) is 0 Å². The molecule has 0 radical (unpaired) electrons. The summed E-state index contributed by atoms with van der Waals surface area (Å²) < 4.78 is 0. The van der Waals surface area contributed by atoms with E-state index in [2.05, 4.69) is 4.99 Å². The average molecular weight is 220 g/mol. The summed E-state index contributed by atoms with van der Waals surface area (Å²) in [7, 11) is 0. The van der Waals surface area contributed by atoms with Crippen LogP contribution in [0.4, 0.5) is 0 Å². The molecule has 1 atom stereocenters. The van der Waals surface area contributed by atoms with Crippen molar-refractivity contribution in [1.29, 1.82) is 0 Å². The third kappa shape index (κ3) is 10.6. The first-order chi connectivity index (χ1) is 7.07. The first-order valence-electron chi connectivity index (χ1n) is 4.76. The van der Waals surface area contributed by atoms with Gasteiger partial charge in [0.2, 0.25) is 5.96 Å². The summed E-state index contributed by atoms with van der Waals surface area (Å²) >= 11 is 0. The van der Waals surface area contributed by atoms with Crippen molar-refractivity contribution in [1.82, 2.24) is 5.48 Å². The van der Waals surface area contributed by atoms with E-state index in [1.807, 2.05) is 13.8 Å². The van der Waals surface area contributed by atoms with E-state index in [4.69, 9.17) is 21.8 Å². The van der Waals surface area contributed by atoms with Crippen molar-refractivity contribution in [2.45, 2.75) is 32.7 Å². The van der Waals surface area contributed by atoms with Gasteiger partial charge in [-0.2, -0.15) is 0 Å². The van der Waals surface area contributed by atoms with Crippen LogP contribution in [0.2, 0.25) is 0 Å². The fraction of sp³-hybridized carbons (Fsp3) is 0.750. The van der Waals surface area contributed by atoms with Crippen molar-refractivity contribution in [2.75, 3.05) is 6.54 Å². The molecule has 0 saturated carbocycles. The van der Waals surface area contributed by atoms with Crippen molar-refractivity contribution < 1.29 is 15.1 Å². The Labute approximate surface area is 89.1 Å². The highest BCUT2D eigenvalue weighted by Gasteiger charge is 2.09. The Morgan fingerprint density at radius 3 is 2.47 bits per heavy atom. The van der Waals surface area contributed by atoms with Gasteiger partial charge in [0.15, 0.2) is 0 Å². The van der Waals surface area contributed by atoms with E-state index in [-0.39, 0.29) is 5.96 Å². The van der Waals surface area contributed by atoms with E-state index in [9.17, 15) is 4.79 Å². The molecule has 0 amide bonds. The number of nitrogens with zero attached hydrogens (tertiary/aromatic N) is 1. The Hall–Kier alpha value is -1.34. The number of carboxylic acids is 1. The molecule has 7 heteroatoms. The van der Waals surface area contributed by atoms with E-state index in [1.54, 1.807) is 5.48 Å². The second kappa shape index (κ2) is 10.7. The molecular formula is C8H20N4O3. The number of nitrogens with two attached hydrogens (primary N) is 2. The molecule has 0 aromatic rings. The summed E-state index contributed by atoms with van der Waals surface area (Å²) in [6.45, 7) is 4.33. The first kappa shape index (κ1) is 16.1.